The number of imidazole rings is 1. The van der Waals surface area contributed by atoms with E-state index in [4.69, 9.17) is 0 Å². The number of piperazine rings is 1. The summed E-state index contributed by atoms with van der Waals surface area (Å²) in [5.41, 5.74) is 2.24. The summed E-state index contributed by atoms with van der Waals surface area (Å²) in [6.45, 7) is 0.993. The summed E-state index contributed by atoms with van der Waals surface area (Å²) in [4.78, 5) is 43.4. The van der Waals surface area contributed by atoms with Crippen LogP contribution < -0.4 is 5.32 Å². The number of carbonyl (C=O) groups is 3. The quantitative estimate of drug-likeness (QED) is 0.748. The van der Waals surface area contributed by atoms with Gasteiger partial charge in [0.15, 0.2) is 0 Å². The number of fused-ring (bicyclic) bond motifs is 2. The van der Waals surface area contributed by atoms with Crippen LogP contribution in [0.3, 0.4) is 0 Å². The summed E-state index contributed by atoms with van der Waals surface area (Å²) in [5.74, 6) is -0.489. The Morgan fingerprint density at radius 3 is 2.96 bits per heavy atom. The van der Waals surface area contributed by atoms with Crippen LogP contribution in [0.1, 0.15) is 10.4 Å². The van der Waals surface area contributed by atoms with E-state index in [9.17, 15) is 14.4 Å². The van der Waals surface area contributed by atoms with Gasteiger partial charge in [0, 0.05) is 25.7 Å². The molecule has 2 saturated heterocycles. The average Bonchev–Trinajstić information content (AvgIpc) is 3.07. The Bertz CT molecular complexity index is 843. The molecule has 118 valence electrons. The van der Waals surface area contributed by atoms with Gasteiger partial charge in [-0.25, -0.2) is 9.78 Å². The minimum atomic E-state index is -0.584. The molecule has 1 atom stereocenters. The first-order valence-corrected chi connectivity index (χ1v) is 7.36. The Labute approximate surface area is 131 Å². The molecule has 3 heterocycles. The van der Waals surface area contributed by atoms with E-state index in [1.165, 1.54) is 4.90 Å². The molecule has 0 bridgehead atoms. The normalized spacial score (nSPS) is 20.8. The topological polar surface area (TPSA) is 87.5 Å². The fraction of sp³-hybridized carbons (Fsp3) is 0.333. The lowest BCUT2D eigenvalue weighted by Gasteiger charge is -2.35. The number of nitrogens with zero attached hydrogens (tertiary/aromatic N) is 4. The van der Waals surface area contributed by atoms with Crippen molar-refractivity contribution in [3.8, 4) is 0 Å². The van der Waals surface area contributed by atoms with Crippen LogP contribution in [0.2, 0.25) is 0 Å². The molecule has 4 amide bonds. The number of rotatable bonds is 1. The molecular weight excluding hydrogens is 298 g/mol. The molecule has 1 aromatic carbocycles. The maximum absolute atomic E-state index is 12.7. The fourth-order valence-electron chi connectivity index (χ4n) is 3.15. The smallest absolute Gasteiger partial charge is 0.324 e. The lowest BCUT2D eigenvalue weighted by atomic mass is 10.1. The molecule has 0 saturated carbocycles. The van der Waals surface area contributed by atoms with Crippen LogP contribution in [0.15, 0.2) is 24.5 Å². The van der Waals surface area contributed by atoms with E-state index in [1.807, 2.05) is 17.7 Å². The molecular formula is C15H15N5O3. The number of aromatic nitrogens is 2. The van der Waals surface area contributed by atoms with Gasteiger partial charge in [0.1, 0.15) is 6.04 Å². The van der Waals surface area contributed by atoms with Gasteiger partial charge in [-0.1, -0.05) is 0 Å². The highest BCUT2D eigenvalue weighted by atomic mass is 16.2. The van der Waals surface area contributed by atoms with E-state index in [-0.39, 0.29) is 24.4 Å². The van der Waals surface area contributed by atoms with Crippen LogP contribution in [-0.2, 0) is 11.8 Å². The zero-order valence-electron chi connectivity index (χ0n) is 12.5. The largest absolute Gasteiger partial charge is 0.334 e. The first-order valence-electron chi connectivity index (χ1n) is 7.36. The third-order valence-corrected chi connectivity index (χ3v) is 4.43. The van der Waals surface area contributed by atoms with Crippen molar-refractivity contribution >= 4 is 28.9 Å². The maximum atomic E-state index is 12.7. The molecule has 8 heteroatoms. The van der Waals surface area contributed by atoms with Crippen LogP contribution in [0.25, 0.3) is 11.0 Å². The first-order chi connectivity index (χ1) is 11.0. The second-order valence-corrected chi connectivity index (χ2v) is 5.81. The standard InChI is InChI=1S/C15H15N5O3/c1-18-8-16-10-6-9(2-3-11(10)18)14(22)19-4-5-20-12(7-19)13(21)17-15(20)23/h2-3,6,8,12H,4-5,7H2,1H3,(H,17,21,23). The Balaban J connectivity index is 1.58. The highest BCUT2D eigenvalue weighted by Gasteiger charge is 2.43. The minimum absolute atomic E-state index is 0.149. The fourth-order valence-corrected chi connectivity index (χ4v) is 3.15. The number of hydrogen-bond donors (Lipinski definition) is 1. The maximum Gasteiger partial charge on any atom is 0.324 e. The Morgan fingerprint density at radius 1 is 1.30 bits per heavy atom. The number of aryl methyl sites for hydroxylation is 1. The van der Waals surface area contributed by atoms with Crippen molar-refractivity contribution in [3.05, 3.63) is 30.1 Å². The van der Waals surface area contributed by atoms with E-state index in [0.717, 1.165) is 11.0 Å². The number of nitrogens with one attached hydrogen (secondary N) is 1. The van der Waals surface area contributed by atoms with Crippen LogP contribution in [-0.4, -0.2) is 62.9 Å². The summed E-state index contributed by atoms with van der Waals surface area (Å²) in [6, 6.07) is 4.42. The first kappa shape index (κ1) is 13.7. The lowest BCUT2D eigenvalue weighted by molar-refractivity contribution is -0.122. The van der Waals surface area contributed by atoms with E-state index < -0.39 is 6.04 Å². The number of hydrogen-bond acceptors (Lipinski definition) is 4. The van der Waals surface area contributed by atoms with Gasteiger partial charge in [-0.2, -0.15) is 0 Å². The zero-order chi connectivity index (χ0) is 16.1. The highest BCUT2D eigenvalue weighted by molar-refractivity contribution is 6.05. The summed E-state index contributed by atoms with van der Waals surface area (Å²) in [7, 11) is 1.89. The van der Waals surface area contributed by atoms with Gasteiger partial charge in [-0.3, -0.25) is 14.9 Å². The number of amides is 4. The Morgan fingerprint density at radius 2 is 2.13 bits per heavy atom. The Kier molecular flexibility index (Phi) is 2.87. The van der Waals surface area contributed by atoms with Crippen molar-refractivity contribution in [1.82, 2.24) is 24.7 Å². The van der Waals surface area contributed by atoms with Gasteiger partial charge in [0.25, 0.3) is 11.8 Å². The minimum Gasteiger partial charge on any atom is -0.334 e. The number of urea groups is 1. The van der Waals surface area contributed by atoms with Crippen LogP contribution in [0.4, 0.5) is 4.79 Å². The van der Waals surface area contributed by atoms with Gasteiger partial charge < -0.3 is 14.4 Å². The van der Waals surface area contributed by atoms with Crippen molar-refractivity contribution in [3.63, 3.8) is 0 Å². The van der Waals surface area contributed by atoms with Gasteiger partial charge >= 0.3 is 6.03 Å². The van der Waals surface area contributed by atoms with E-state index in [1.54, 1.807) is 23.4 Å². The predicted molar refractivity (Wildman–Crippen MR) is 80.7 cm³/mol. The van der Waals surface area contributed by atoms with Gasteiger partial charge in [-0.15, -0.1) is 0 Å². The zero-order valence-corrected chi connectivity index (χ0v) is 12.5. The lowest BCUT2D eigenvalue weighted by Crippen LogP contribution is -2.54. The van der Waals surface area contributed by atoms with Crippen LogP contribution in [0, 0.1) is 0 Å². The summed E-state index contributed by atoms with van der Waals surface area (Å²) >= 11 is 0. The molecule has 2 aliphatic rings. The molecule has 1 unspecified atom stereocenters. The van der Waals surface area contributed by atoms with Crippen LogP contribution in [0.5, 0.6) is 0 Å². The Hall–Kier alpha value is -2.90. The molecule has 0 aliphatic carbocycles. The van der Waals surface area contributed by atoms with Gasteiger partial charge in [0.2, 0.25) is 0 Å². The van der Waals surface area contributed by atoms with Crippen molar-refractivity contribution in [2.24, 2.45) is 7.05 Å². The third kappa shape index (κ3) is 2.06. The van der Waals surface area contributed by atoms with Gasteiger partial charge in [-0.05, 0) is 18.2 Å². The molecule has 0 radical (unpaired) electrons. The highest BCUT2D eigenvalue weighted by Crippen LogP contribution is 2.19. The van der Waals surface area contributed by atoms with E-state index in [0.29, 0.717) is 18.7 Å². The molecule has 1 N–H and O–H groups in total. The average molecular weight is 313 g/mol. The summed E-state index contributed by atoms with van der Waals surface area (Å²) < 4.78 is 1.89. The van der Waals surface area contributed by atoms with Crippen LogP contribution >= 0.6 is 0 Å². The second-order valence-electron chi connectivity index (χ2n) is 5.81. The number of carbonyl (C=O) groups excluding carboxylic acids is 3. The molecule has 8 nitrogen and oxygen atoms in total. The van der Waals surface area contributed by atoms with Crippen molar-refractivity contribution < 1.29 is 14.4 Å². The molecule has 2 aromatic rings. The van der Waals surface area contributed by atoms with E-state index >= 15 is 0 Å². The number of imide groups is 1. The molecule has 2 fully saturated rings. The molecule has 1 aromatic heterocycles. The van der Waals surface area contributed by atoms with Gasteiger partial charge in [0.05, 0.1) is 23.9 Å². The molecule has 23 heavy (non-hydrogen) atoms. The van der Waals surface area contributed by atoms with Crippen molar-refractivity contribution in [2.45, 2.75) is 6.04 Å². The van der Waals surface area contributed by atoms with Crippen molar-refractivity contribution in [1.29, 1.82) is 0 Å². The van der Waals surface area contributed by atoms with Crippen molar-refractivity contribution in [2.75, 3.05) is 19.6 Å². The molecule has 2 aliphatic heterocycles. The SMILES string of the molecule is Cn1cnc2cc(C(=O)N3CCN4C(=O)NC(=O)C4C3)ccc21. The molecule has 4 rings (SSSR count). The molecule has 0 spiro atoms. The number of benzene rings is 1. The summed E-state index contributed by atoms with van der Waals surface area (Å²) in [5, 5.41) is 2.28. The third-order valence-electron chi connectivity index (χ3n) is 4.43. The summed E-state index contributed by atoms with van der Waals surface area (Å²) in [6.07, 6.45) is 1.70. The second kappa shape index (κ2) is 4.80. The monoisotopic (exact) mass is 313 g/mol. The predicted octanol–water partition coefficient (Wildman–Crippen LogP) is -0.0505. The van der Waals surface area contributed by atoms with E-state index in [2.05, 4.69) is 10.3 Å².